The Kier molecular flexibility index (Phi) is 2.54. The number of halogens is 1. The van der Waals surface area contributed by atoms with Crippen molar-refractivity contribution in [1.82, 2.24) is 4.98 Å². The summed E-state index contributed by atoms with van der Waals surface area (Å²) >= 11 is 0. The highest BCUT2D eigenvalue weighted by atomic mass is 19.1. The van der Waals surface area contributed by atoms with E-state index in [4.69, 9.17) is 5.73 Å². The van der Waals surface area contributed by atoms with Gasteiger partial charge in [0.05, 0.1) is 0 Å². The zero-order valence-corrected chi connectivity index (χ0v) is 6.42. The molecule has 0 aromatic carbocycles. The molecular weight excluding hydrogens is 143 g/mol. The Morgan fingerprint density at radius 1 is 1.64 bits per heavy atom. The third kappa shape index (κ3) is 2.63. The van der Waals surface area contributed by atoms with Crippen molar-refractivity contribution in [3.63, 3.8) is 0 Å². The molecule has 0 amide bonds. The van der Waals surface area contributed by atoms with Gasteiger partial charge in [-0.1, -0.05) is 6.07 Å². The Hall–Kier alpha value is -0.960. The van der Waals surface area contributed by atoms with Gasteiger partial charge in [-0.3, -0.25) is 0 Å². The van der Waals surface area contributed by atoms with Crippen molar-refractivity contribution in [2.45, 2.75) is 19.4 Å². The number of nitrogens with two attached hydrogens (primary N) is 1. The van der Waals surface area contributed by atoms with Gasteiger partial charge in [0.25, 0.3) is 0 Å². The van der Waals surface area contributed by atoms with Crippen LogP contribution in [0.15, 0.2) is 18.3 Å². The van der Waals surface area contributed by atoms with Crippen molar-refractivity contribution in [3.8, 4) is 0 Å². The summed E-state index contributed by atoms with van der Waals surface area (Å²) in [6.07, 6.45) is 2.26. The summed E-state index contributed by atoms with van der Waals surface area (Å²) in [5, 5.41) is 0. The molecule has 0 aliphatic carbocycles. The van der Waals surface area contributed by atoms with Crippen LogP contribution < -0.4 is 5.73 Å². The van der Waals surface area contributed by atoms with Gasteiger partial charge in [-0.25, -0.2) is 4.98 Å². The molecule has 1 rings (SSSR count). The molecule has 60 valence electrons. The minimum atomic E-state index is -0.446. The van der Waals surface area contributed by atoms with Gasteiger partial charge in [-0.2, -0.15) is 4.39 Å². The maximum absolute atomic E-state index is 12.3. The van der Waals surface area contributed by atoms with Crippen LogP contribution in [0.2, 0.25) is 0 Å². The third-order valence-electron chi connectivity index (χ3n) is 1.35. The lowest BCUT2D eigenvalue weighted by Gasteiger charge is -2.02. The van der Waals surface area contributed by atoms with E-state index in [0.29, 0.717) is 0 Å². The fourth-order valence-corrected chi connectivity index (χ4v) is 0.899. The molecule has 1 aromatic rings. The smallest absolute Gasteiger partial charge is 0.212 e. The van der Waals surface area contributed by atoms with Crippen molar-refractivity contribution >= 4 is 0 Å². The van der Waals surface area contributed by atoms with Gasteiger partial charge in [0.1, 0.15) is 0 Å². The van der Waals surface area contributed by atoms with E-state index >= 15 is 0 Å². The van der Waals surface area contributed by atoms with Crippen LogP contribution in [0.3, 0.4) is 0 Å². The summed E-state index contributed by atoms with van der Waals surface area (Å²) in [5.41, 5.74) is 6.51. The molecule has 1 aromatic heterocycles. The molecule has 0 saturated heterocycles. The molecule has 0 fully saturated rings. The predicted molar refractivity (Wildman–Crippen MR) is 41.5 cm³/mol. The van der Waals surface area contributed by atoms with Gasteiger partial charge in [-0.05, 0) is 25.0 Å². The zero-order chi connectivity index (χ0) is 8.27. The first kappa shape index (κ1) is 8.14. The Morgan fingerprint density at radius 2 is 2.36 bits per heavy atom. The summed E-state index contributed by atoms with van der Waals surface area (Å²) in [5.74, 6) is -0.446. The molecule has 0 aliphatic heterocycles. The molecule has 0 radical (unpaired) electrons. The Labute approximate surface area is 65.3 Å². The lowest BCUT2D eigenvalue weighted by Crippen LogP contribution is -2.17. The lowest BCUT2D eigenvalue weighted by molar-refractivity contribution is 0.581. The summed E-state index contributed by atoms with van der Waals surface area (Å²) in [7, 11) is 0. The number of pyridine rings is 1. The molecule has 11 heavy (non-hydrogen) atoms. The van der Waals surface area contributed by atoms with Crippen molar-refractivity contribution < 1.29 is 4.39 Å². The van der Waals surface area contributed by atoms with Gasteiger partial charge >= 0.3 is 0 Å². The fourth-order valence-electron chi connectivity index (χ4n) is 0.899. The highest BCUT2D eigenvalue weighted by molar-refractivity contribution is 5.10. The minimum absolute atomic E-state index is 0.0993. The first-order valence-electron chi connectivity index (χ1n) is 3.54. The summed E-state index contributed by atoms with van der Waals surface area (Å²) in [4.78, 5) is 3.51. The van der Waals surface area contributed by atoms with Crippen LogP contribution in [0.1, 0.15) is 12.5 Å². The zero-order valence-electron chi connectivity index (χ0n) is 6.42. The van der Waals surface area contributed by atoms with Gasteiger partial charge in [-0.15, -0.1) is 0 Å². The molecule has 2 nitrogen and oxygen atoms in total. The number of aromatic nitrogens is 1. The average Bonchev–Trinajstić information content (AvgIpc) is 1.93. The molecule has 1 heterocycles. The topological polar surface area (TPSA) is 38.9 Å². The molecule has 0 aliphatic rings. The molecule has 0 bridgehead atoms. The molecule has 0 saturated carbocycles. The predicted octanol–water partition coefficient (Wildman–Crippen LogP) is 1.11. The van der Waals surface area contributed by atoms with E-state index in [2.05, 4.69) is 4.98 Å². The summed E-state index contributed by atoms with van der Waals surface area (Å²) in [6.45, 7) is 1.91. The second-order valence-corrected chi connectivity index (χ2v) is 2.67. The fraction of sp³-hybridized carbons (Fsp3) is 0.375. The second kappa shape index (κ2) is 3.44. The van der Waals surface area contributed by atoms with E-state index in [1.807, 2.05) is 6.92 Å². The molecule has 3 heteroatoms. The molecule has 1 atom stereocenters. The normalized spacial score (nSPS) is 13.0. The second-order valence-electron chi connectivity index (χ2n) is 2.67. The van der Waals surface area contributed by atoms with Crippen LogP contribution in [0.5, 0.6) is 0 Å². The van der Waals surface area contributed by atoms with Crippen molar-refractivity contribution in [1.29, 1.82) is 0 Å². The van der Waals surface area contributed by atoms with Crippen LogP contribution in [0.25, 0.3) is 0 Å². The van der Waals surface area contributed by atoms with Crippen molar-refractivity contribution in [2.75, 3.05) is 0 Å². The van der Waals surface area contributed by atoms with E-state index in [9.17, 15) is 4.39 Å². The van der Waals surface area contributed by atoms with E-state index in [-0.39, 0.29) is 6.04 Å². The first-order chi connectivity index (χ1) is 5.18. The maximum Gasteiger partial charge on any atom is 0.212 e. The van der Waals surface area contributed by atoms with E-state index in [1.54, 1.807) is 6.07 Å². The van der Waals surface area contributed by atoms with Gasteiger partial charge in [0, 0.05) is 12.2 Å². The van der Waals surface area contributed by atoms with Gasteiger partial charge in [0.2, 0.25) is 5.95 Å². The SMILES string of the molecule is C[C@@H](N)Cc1ccc(F)nc1. The van der Waals surface area contributed by atoms with Crippen LogP contribution in [-0.2, 0) is 6.42 Å². The number of hydrogen-bond acceptors (Lipinski definition) is 2. The van der Waals surface area contributed by atoms with Crippen LogP contribution in [0, 0.1) is 5.95 Å². The largest absolute Gasteiger partial charge is 0.328 e. The van der Waals surface area contributed by atoms with Crippen molar-refractivity contribution in [2.24, 2.45) is 5.73 Å². The van der Waals surface area contributed by atoms with Crippen LogP contribution in [0.4, 0.5) is 4.39 Å². The number of hydrogen-bond donors (Lipinski definition) is 1. The summed E-state index contributed by atoms with van der Waals surface area (Å²) < 4.78 is 12.3. The van der Waals surface area contributed by atoms with Crippen LogP contribution in [-0.4, -0.2) is 11.0 Å². The van der Waals surface area contributed by atoms with E-state index in [0.717, 1.165) is 12.0 Å². The van der Waals surface area contributed by atoms with E-state index < -0.39 is 5.95 Å². The monoisotopic (exact) mass is 154 g/mol. The number of rotatable bonds is 2. The molecule has 0 spiro atoms. The molecular formula is C8H11FN2. The highest BCUT2D eigenvalue weighted by Crippen LogP contribution is 2.01. The molecule has 0 unspecified atom stereocenters. The highest BCUT2D eigenvalue weighted by Gasteiger charge is 1.97. The quantitative estimate of drug-likeness (QED) is 0.648. The number of nitrogens with zero attached hydrogens (tertiary/aromatic N) is 1. The van der Waals surface area contributed by atoms with Gasteiger partial charge < -0.3 is 5.73 Å². The minimum Gasteiger partial charge on any atom is -0.328 e. The summed E-state index contributed by atoms with van der Waals surface area (Å²) in [6, 6.07) is 3.14. The third-order valence-corrected chi connectivity index (χ3v) is 1.35. The molecule has 2 N–H and O–H groups in total. The Balaban J connectivity index is 2.66. The van der Waals surface area contributed by atoms with Crippen LogP contribution >= 0.6 is 0 Å². The first-order valence-corrected chi connectivity index (χ1v) is 3.54. The lowest BCUT2D eigenvalue weighted by atomic mass is 10.1. The van der Waals surface area contributed by atoms with E-state index in [1.165, 1.54) is 12.3 Å². The maximum atomic E-state index is 12.3. The Bertz CT molecular complexity index is 218. The van der Waals surface area contributed by atoms with Gasteiger partial charge in [0.15, 0.2) is 0 Å². The standard InChI is InChI=1S/C8H11FN2/c1-6(10)4-7-2-3-8(9)11-5-7/h2-3,5-6H,4,10H2,1H3/t6-/m1/s1. The average molecular weight is 154 g/mol. The van der Waals surface area contributed by atoms with Crippen molar-refractivity contribution in [3.05, 3.63) is 29.8 Å². The Morgan fingerprint density at radius 3 is 2.82 bits per heavy atom.